The zero-order chi connectivity index (χ0) is 20.7. The minimum atomic E-state index is -1.84. The van der Waals surface area contributed by atoms with Gasteiger partial charge in [-0.3, -0.25) is 9.59 Å². The van der Waals surface area contributed by atoms with Crippen LogP contribution >= 0.6 is 47.0 Å². The summed E-state index contributed by atoms with van der Waals surface area (Å²) in [5, 5.41) is 8.47. The molecule has 0 spiro atoms. The van der Waals surface area contributed by atoms with Crippen LogP contribution in [0.15, 0.2) is 54.6 Å². The van der Waals surface area contributed by atoms with Crippen molar-refractivity contribution in [3.05, 3.63) is 65.7 Å². The van der Waals surface area contributed by atoms with Crippen molar-refractivity contribution in [3.63, 3.8) is 0 Å². The maximum atomic E-state index is 12.3. The molecule has 0 aliphatic rings. The molecule has 0 unspecified atom stereocenters. The third kappa shape index (κ3) is 7.28. The van der Waals surface area contributed by atoms with Gasteiger partial charge < -0.3 is 16.0 Å². The van der Waals surface area contributed by atoms with Gasteiger partial charge in [0.05, 0.1) is 6.42 Å². The molecule has 0 aromatic heterocycles. The molecule has 0 saturated heterocycles. The number of hydrogen-bond acceptors (Lipinski definition) is 3. The molecule has 28 heavy (non-hydrogen) atoms. The molecule has 3 N–H and O–H groups in total. The van der Waals surface area contributed by atoms with E-state index < -0.39 is 9.96 Å². The number of hydrogen-bond donors (Lipinski definition) is 3. The smallest absolute Gasteiger partial charge is 0.228 e. The number of Topliss-reactive ketones (excluding diaryl/α,β-unsaturated/α-hetero) is 1. The van der Waals surface area contributed by atoms with E-state index in [0.717, 1.165) is 5.56 Å². The molecular weight excluding hydrogens is 441 g/mol. The van der Waals surface area contributed by atoms with Gasteiger partial charge in [-0.1, -0.05) is 65.1 Å². The van der Waals surface area contributed by atoms with Crippen molar-refractivity contribution >= 4 is 69.5 Å². The highest BCUT2D eigenvalue weighted by molar-refractivity contribution is 7.80. The van der Waals surface area contributed by atoms with Crippen molar-refractivity contribution in [2.45, 2.75) is 23.3 Å². The summed E-state index contributed by atoms with van der Waals surface area (Å²) in [5.41, 5.74) is 2.05. The third-order valence-corrected chi connectivity index (χ3v) is 4.54. The van der Waals surface area contributed by atoms with Crippen LogP contribution in [-0.4, -0.2) is 26.8 Å². The van der Waals surface area contributed by atoms with Gasteiger partial charge in [-0.05, 0) is 49.0 Å². The number of benzene rings is 2. The van der Waals surface area contributed by atoms with E-state index in [0.29, 0.717) is 11.3 Å². The Labute approximate surface area is 183 Å². The quantitative estimate of drug-likeness (QED) is 0.261. The predicted octanol–water partition coefficient (Wildman–Crippen LogP) is 4.23. The van der Waals surface area contributed by atoms with Crippen LogP contribution in [0.5, 0.6) is 0 Å². The number of rotatable bonds is 6. The summed E-state index contributed by atoms with van der Waals surface area (Å²) in [6.07, 6.45) is -0.919. The molecule has 0 fully saturated rings. The summed E-state index contributed by atoms with van der Waals surface area (Å²) in [6.45, 7) is 1.48. The Morgan fingerprint density at radius 2 is 1.61 bits per heavy atom. The molecule has 2 rings (SSSR count). The fourth-order valence-electron chi connectivity index (χ4n) is 2.28. The van der Waals surface area contributed by atoms with Crippen LogP contribution in [0.1, 0.15) is 22.8 Å². The van der Waals surface area contributed by atoms with Crippen LogP contribution in [0.3, 0.4) is 0 Å². The zero-order valence-electron chi connectivity index (χ0n) is 14.8. The Bertz CT molecular complexity index is 840. The first-order valence-corrected chi connectivity index (χ1v) is 9.78. The highest BCUT2D eigenvalue weighted by atomic mass is 35.6. The number of alkyl halides is 3. The van der Waals surface area contributed by atoms with Gasteiger partial charge in [0.2, 0.25) is 9.70 Å². The molecule has 2 aromatic carbocycles. The van der Waals surface area contributed by atoms with E-state index in [4.69, 9.17) is 47.0 Å². The first-order chi connectivity index (χ1) is 13.1. The van der Waals surface area contributed by atoms with Crippen molar-refractivity contribution in [2.75, 3.05) is 5.32 Å². The molecular formula is C19H18Cl3N3O2S. The number of halogens is 3. The molecule has 0 aliphatic carbocycles. The van der Waals surface area contributed by atoms with Crippen molar-refractivity contribution < 1.29 is 9.59 Å². The summed E-state index contributed by atoms with van der Waals surface area (Å²) in [5.74, 6) is -0.367. The lowest BCUT2D eigenvalue weighted by Crippen LogP contribution is -2.56. The van der Waals surface area contributed by atoms with E-state index in [9.17, 15) is 9.59 Å². The number of anilines is 1. The summed E-state index contributed by atoms with van der Waals surface area (Å²) in [4.78, 5) is 23.6. The molecule has 2 aromatic rings. The fourth-order valence-corrected chi connectivity index (χ4v) is 2.84. The fraction of sp³-hybridized carbons (Fsp3) is 0.211. The highest BCUT2D eigenvalue weighted by Gasteiger charge is 2.34. The van der Waals surface area contributed by atoms with Gasteiger partial charge >= 0.3 is 0 Å². The monoisotopic (exact) mass is 457 g/mol. The van der Waals surface area contributed by atoms with E-state index in [-0.39, 0.29) is 23.2 Å². The van der Waals surface area contributed by atoms with Gasteiger partial charge in [-0.2, -0.15) is 0 Å². The van der Waals surface area contributed by atoms with Crippen LogP contribution in [0, 0.1) is 0 Å². The topological polar surface area (TPSA) is 70.2 Å². The lowest BCUT2D eigenvalue weighted by atomic mass is 10.1. The first kappa shape index (κ1) is 22.4. The number of thiocarbonyl (C=S) groups is 1. The molecule has 148 valence electrons. The van der Waals surface area contributed by atoms with Crippen LogP contribution in [-0.2, 0) is 11.2 Å². The van der Waals surface area contributed by atoms with E-state index in [1.807, 2.05) is 30.3 Å². The van der Waals surface area contributed by atoms with Crippen LogP contribution in [0.25, 0.3) is 0 Å². The molecule has 0 heterocycles. The van der Waals surface area contributed by atoms with Crippen molar-refractivity contribution in [1.29, 1.82) is 0 Å². The van der Waals surface area contributed by atoms with Gasteiger partial charge in [0.25, 0.3) is 0 Å². The van der Waals surface area contributed by atoms with Gasteiger partial charge in [0, 0.05) is 11.3 Å². The number of carbonyl (C=O) groups is 2. The summed E-state index contributed by atoms with van der Waals surface area (Å²) >= 11 is 23.2. The maximum absolute atomic E-state index is 12.3. The molecule has 5 nitrogen and oxygen atoms in total. The standard InChI is InChI=1S/C19H18Cl3N3O2S/c1-12(26)14-7-9-15(10-8-14)23-18(28)25-17(19(20,21)22)24-16(27)11-13-5-3-2-4-6-13/h2-10,17H,11H2,1H3,(H,24,27)(H2,23,25,28)/t17-/m1/s1. The van der Waals surface area contributed by atoms with Gasteiger partial charge in [0.1, 0.15) is 6.17 Å². The summed E-state index contributed by atoms with van der Waals surface area (Å²) in [7, 11) is 0. The average molecular weight is 459 g/mol. The lowest BCUT2D eigenvalue weighted by molar-refractivity contribution is -0.121. The number of carbonyl (C=O) groups excluding carboxylic acids is 2. The Balaban J connectivity index is 1.98. The number of nitrogens with one attached hydrogen (secondary N) is 3. The highest BCUT2D eigenvalue weighted by Crippen LogP contribution is 2.29. The van der Waals surface area contributed by atoms with Crippen LogP contribution in [0.2, 0.25) is 0 Å². The summed E-state index contributed by atoms with van der Waals surface area (Å²) < 4.78 is -1.84. The molecule has 9 heteroatoms. The molecule has 0 aliphatic heterocycles. The van der Waals surface area contributed by atoms with Crippen LogP contribution in [0.4, 0.5) is 5.69 Å². The van der Waals surface area contributed by atoms with E-state index in [1.165, 1.54) is 6.92 Å². The van der Waals surface area contributed by atoms with E-state index >= 15 is 0 Å². The molecule has 0 radical (unpaired) electrons. The zero-order valence-corrected chi connectivity index (χ0v) is 17.9. The van der Waals surface area contributed by atoms with Crippen molar-refractivity contribution in [1.82, 2.24) is 10.6 Å². The second-order valence-electron chi connectivity index (χ2n) is 5.94. The first-order valence-electron chi connectivity index (χ1n) is 8.23. The second-order valence-corrected chi connectivity index (χ2v) is 8.71. The van der Waals surface area contributed by atoms with Gasteiger partial charge in [-0.15, -0.1) is 0 Å². The van der Waals surface area contributed by atoms with Gasteiger partial charge in [-0.25, -0.2) is 0 Å². The molecule has 0 bridgehead atoms. The normalized spacial score (nSPS) is 12.0. The minimum absolute atomic E-state index is 0.0374. The Hall–Kier alpha value is -1.86. The van der Waals surface area contributed by atoms with E-state index in [2.05, 4.69) is 16.0 Å². The Morgan fingerprint density at radius 1 is 1.00 bits per heavy atom. The molecule has 1 amide bonds. The third-order valence-electron chi connectivity index (χ3n) is 3.66. The Kier molecular flexibility index (Phi) is 8.07. The predicted molar refractivity (Wildman–Crippen MR) is 118 cm³/mol. The van der Waals surface area contributed by atoms with E-state index in [1.54, 1.807) is 24.3 Å². The number of amides is 1. The molecule has 0 saturated carbocycles. The van der Waals surface area contributed by atoms with Crippen molar-refractivity contribution in [2.24, 2.45) is 0 Å². The Morgan fingerprint density at radius 3 is 2.14 bits per heavy atom. The minimum Gasteiger partial charge on any atom is -0.339 e. The van der Waals surface area contributed by atoms with Crippen molar-refractivity contribution in [3.8, 4) is 0 Å². The molecule has 1 atom stereocenters. The van der Waals surface area contributed by atoms with Crippen LogP contribution < -0.4 is 16.0 Å². The summed E-state index contributed by atoms with van der Waals surface area (Å²) in [6, 6.07) is 15.9. The lowest BCUT2D eigenvalue weighted by Gasteiger charge is -2.27. The van der Waals surface area contributed by atoms with Gasteiger partial charge in [0.15, 0.2) is 10.9 Å². The SMILES string of the molecule is CC(=O)c1ccc(NC(=S)N[C@@H](NC(=O)Cc2ccccc2)C(Cl)(Cl)Cl)cc1. The maximum Gasteiger partial charge on any atom is 0.228 e. The second kappa shape index (κ2) is 10.1. The average Bonchev–Trinajstić information content (AvgIpc) is 2.61. The largest absolute Gasteiger partial charge is 0.339 e. The number of ketones is 1.